The van der Waals surface area contributed by atoms with Gasteiger partial charge in [-0.15, -0.1) is 0 Å². The molecule has 0 spiro atoms. The highest BCUT2D eigenvalue weighted by atomic mass is 16.5. The Morgan fingerprint density at radius 3 is 2.70 bits per heavy atom. The number of nitrogens with zero attached hydrogens (tertiary/aromatic N) is 3. The summed E-state index contributed by atoms with van der Waals surface area (Å²) in [4.78, 5) is 18.7. The van der Waals surface area contributed by atoms with E-state index in [0.29, 0.717) is 19.7 Å². The van der Waals surface area contributed by atoms with Gasteiger partial charge in [-0.3, -0.25) is 9.78 Å². The molecule has 1 unspecified atom stereocenters. The molecule has 1 saturated carbocycles. The van der Waals surface area contributed by atoms with E-state index >= 15 is 0 Å². The molecule has 0 radical (unpaired) electrons. The first-order chi connectivity index (χ1) is 13.3. The summed E-state index contributed by atoms with van der Waals surface area (Å²) in [7, 11) is 0. The van der Waals surface area contributed by atoms with Crippen molar-refractivity contribution in [3.05, 3.63) is 54.1 Å². The Balaban J connectivity index is 1.39. The Hall–Kier alpha value is -2.18. The molecule has 0 bridgehead atoms. The Kier molecular flexibility index (Phi) is 5.84. The van der Waals surface area contributed by atoms with Crippen molar-refractivity contribution in [1.82, 2.24) is 14.5 Å². The molecule has 27 heavy (non-hydrogen) atoms. The second-order valence-electron chi connectivity index (χ2n) is 7.43. The van der Waals surface area contributed by atoms with Gasteiger partial charge in [0.25, 0.3) is 0 Å². The lowest BCUT2D eigenvalue weighted by atomic mass is 10.2. The van der Waals surface area contributed by atoms with Gasteiger partial charge in [-0.2, -0.15) is 0 Å². The highest BCUT2D eigenvalue weighted by molar-refractivity contribution is 5.77. The lowest BCUT2D eigenvalue weighted by Gasteiger charge is -2.25. The van der Waals surface area contributed by atoms with Crippen molar-refractivity contribution in [3.8, 4) is 0 Å². The van der Waals surface area contributed by atoms with E-state index in [4.69, 9.17) is 9.47 Å². The van der Waals surface area contributed by atoms with Gasteiger partial charge in [-0.1, -0.05) is 12.8 Å². The van der Waals surface area contributed by atoms with Crippen LogP contribution in [0.1, 0.15) is 36.9 Å². The van der Waals surface area contributed by atoms with E-state index in [1.807, 2.05) is 23.1 Å². The number of rotatable bonds is 6. The Morgan fingerprint density at radius 1 is 1.07 bits per heavy atom. The van der Waals surface area contributed by atoms with Crippen molar-refractivity contribution in [2.75, 3.05) is 13.2 Å². The molecule has 6 heteroatoms. The molecule has 2 aliphatic rings. The number of carbonyl (C=O) groups excluding carboxylic acids is 1. The molecule has 0 N–H and O–H groups in total. The zero-order chi connectivity index (χ0) is 18.5. The molecule has 2 aromatic heterocycles. The average molecular weight is 369 g/mol. The van der Waals surface area contributed by atoms with Crippen LogP contribution in [0, 0.1) is 0 Å². The lowest BCUT2D eigenvalue weighted by Crippen LogP contribution is -2.39. The average Bonchev–Trinajstić information content (AvgIpc) is 3.34. The molecule has 0 saturated heterocycles. The summed E-state index contributed by atoms with van der Waals surface area (Å²) >= 11 is 0. The summed E-state index contributed by atoms with van der Waals surface area (Å²) in [5, 5.41) is 0. The van der Waals surface area contributed by atoms with Crippen LogP contribution in [0.3, 0.4) is 0 Å². The number of amides is 1. The maximum atomic E-state index is 12.8. The predicted molar refractivity (Wildman–Crippen MR) is 101 cm³/mol. The highest BCUT2D eigenvalue weighted by Gasteiger charge is 2.26. The van der Waals surface area contributed by atoms with Gasteiger partial charge in [0.2, 0.25) is 5.91 Å². The molecule has 2 aromatic rings. The number of hydrogen-bond acceptors (Lipinski definition) is 4. The van der Waals surface area contributed by atoms with Crippen LogP contribution in [0.4, 0.5) is 0 Å². The van der Waals surface area contributed by atoms with Crippen LogP contribution < -0.4 is 0 Å². The fraction of sp³-hybridized carbons (Fsp3) is 0.524. The molecule has 1 aliphatic carbocycles. The monoisotopic (exact) mass is 369 g/mol. The van der Waals surface area contributed by atoms with Gasteiger partial charge in [0, 0.05) is 30.8 Å². The summed E-state index contributed by atoms with van der Waals surface area (Å²) in [6, 6.07) is 8.01. The SMILES string of the molecule is O=C(COC1CCCC1)N1Cc2cccn2CC(OCc2ccncc2)C1. The molecule has 144 valence electrons. The normalized spacial score (nSPS) is 20.4. The smallest absolute Gasteiger partial charge is 0.249 e. The second-order valence-corrected chi connectivity index (χ2v) is 7.43. The van der Waals surface area contributed by atoms with Gasteiger partial charge in [-0.05, 0) is 42.7 Å². The van der Waals surface area contributed by atoms with E-state index in [0.717, 1.165) is 30.6 Å². The van der Waals surface area contributed by atoms with Crippen LogP contribution in [0.2, 0.25) is 0 Å². The Morgan fingerprint density at radius 2 is 1.89 bits per heavy atom. The van der Waals surface area contributed by atoms with E-state index in [1.54, 1.807) is 12.4 Å². The van der Waals surface area contributed by atoms with E-state index in [9.17, 15) is 4.79 Å². The fourth-order valence-corrected chi connectivity index (χ4v) is 3.88. The molecule has 6 nitrogen and oxygen atoms in total. The van der Waals surface area contributed by atoms with E-state index in [1.165, 1.54) is 12.8 Å². The van der Waals surface area contributed by atoms with Crippen LogP contribution in [0.5, 0.6) is 0 Å². The topological polar surface area (TPSA) is 56.6 Å². The maximum absolute atomic E-state index is 12.8. The van der Waals surface area contributed by atoms with Crippen LogP contribution in [-0.2, 0) is 34.0 Å². The summed E-state index contributed by atoms with van der Waals surface area (Å²) in [5.74, 6) is 0.0501. The maximum Gasteiger partial charge on any atom is 0.249 e. The largest absolute Gasteiger partial charge is 0.370 e. The Bertz CT molecular complexity index is 740. The first-order valence-corrected chi connectivity index (χ1v) is 9.82. The van der Waals surface area contributed by atoms with Gasteiger partial charge in [-0.25, -0.2) is 0 Å². The molecule has 1 fully saturated rings. The number of ether oxygens (including phenoxy) is 2. The molecular weight excluding hydrogens is 342 g/mol. The van der Waals surface area contributed by atoms with Crippen LogP contribution in [0.25, 0.3) is 0 Å². The molecule has 3 heterocycles. The van der Waals surface area contributed by atoms with Crippen molar-refractivity contribution < 1.29 is 14.3 Å². The summed E-state index contributed by atoms with van der Waals surface area (Å²) in [6.45, 7) is 2.63. The van der Waals surface area contributed by atoms with Crippen molar-refractivity contribution in [2.24, 2.45) is 0 Å². The third kappa shape index (κ3) is 4.76. The minimum atomic E-state index is -0.0535. The van der Waals surface area contributed by atoms with Gasteiger partial charge in [0.05, 0.1) is 31.9 Å². The molecule has 1 amide bonds. The first-order valence-electron chi connectivity index (χ1n) is 9.82. The van der Waals surface area contributed by atoms with Crippen molar-refractivity contribution in [2.45, 2.75) is 57.6 Å². The molecule has 0 aromatic carbocycles. The second kappa shape index (κ2) is 8.67. The number of aromatic nitrogens is 2. The predicted octanol–water partition coefficient (Wildman–Crippen LogP) is 2.77. The number of carbonyl (C=O) groups is 1. The minimum Gasteiger partial charge on any atom is -0.370 e. The zero-order valence-corrected chi connectivity index (χ0v) is 15.6. The van der Waals surface area contributed by atoms with Crippen molar-refractivity contribution in [3.63, 3.8) is 0 Å². The molecule has 1 atom stereocenters. The summed E-state index contributed by atoms with van der Waals surface area (Å²) < 4.78 is 14.2. The Labute approximate surface area is 160 Å². The van der Waals surface area contributed by atoms with Gasteiger partial charge in [0.1, 0.15) is 6.61 Å². The third-order valence-corrected chi connectivity index (χ3v) is 5.43. The van der Waals surface area contributed by atoms with Crippen LogP contribution in [-0.4, -0.2) is 45.7 Å². The number of fused-ring (bicyclic) bond motifs is 1. The summed E-state index contributed by atoms with van der Waals surface area (Å²) in [6.07, 6.45) is 10.4. The van der Waals surface area contributed by atoms with Crippen molar-refractivity contribution >= 4 is 5.91 Å². The lowest BCUT2D eigenvalue weighted by molar-refractivity contribution is -0.140. The van der Waals surface area contributed by atoms with E-state index < -0.39 is 0 Å². The first kappa shape index (κ1) is 18.2. The summed E-state index contributed by atoms with van der Waals surface area (Å²) in [5.41, 5.74) is 2.23. The standard InChI is InChI=1S/C21H27N3O3/c25-21(16-27-19-5-1-2-6-19)24-12-18-4-3-11-23(18)13-20(14-24)26-15-17-7-9-22-10-8-17/h3-4,7-11,19-20H,1-2,5-6,12-16H2. The minimum absolute atomic E-state index is 0.0501. The fourth-order valence-electron chi connectivity index (χ4n) is 3.88. The van der Waals surface area contributed by atoms with Crippen LogP contribution >= 0.6 is 0 Å². The van der Waals surface area contributed by atoms with Gasteiger partial charge >= 0.3 is 0 Å². The molecule has 4 rings (SSSR count). The van der Waals surface area contributed by atoms with Crippen molar-refractivity contribution in [1.29, 1.82) is 0 Å². The van der Waals surface area contributed by atoms with E-state index in [-0.39, 0.29) is 24.7 Å². The van der Waals surface area contributed by atoms with E-state index in [2.05, 4.69) is 21.8 Å². The molecular formula is C21H27N3O3. The number of pyridine rings is 1. The third-order valence-electron chi connectivity index (χ3n) is 5.43. The highest BCUT2D eigenvalue weighted by Crippen LogP contribution is 2.21. The van der Waals surface area contributed by atoms with Gasteiger partial charge in [0.15, 0.2) is 0 Å². The quantitative estimate of drug-likeness (QED) is 0.786. The van der Waals surface area contributed by atoms with Crippen LogP contribution in [0.15, 0.2) is 42.9 Å². The molecule has 1 aliphatic heterocycles. The zero-order valence-electron chi connectivity index (χ0n) is 15.6. The number of hydrogen-bond donors (Lipinski definition) is 0. The van der Waals surface area contributed by atoms with Gasteiger partial charge < -0.3 is 18.9 Å².